The van der Waals surface area contributed by atoms with Crippen molar-refractivity contribution < 1.29 is 0 Å². The largest absolute Gasteiger partial charge is 0.300 e. The van der Waals surface area contributed by atoms with Crippen LogP contribution in [-0.2, 0) is 19.4 Å². The summed E-state index contributed by atoms with van der Waals surface area (Å²) in [5.74, 6) is 1.01. The lowest BCUT2D eigenvalue weighted by Crippen LogP contribution is -2.07. The van der Waals surface area contributed by atoms with Crippen LogP contribution in [0.25, 0.3) is 0 Å². The Morgan fingerprint density at radius 2 is 1.68 bits per heavy atom. The lowest BCUT2D eigenvalue weighted by Gasteiger charge is -2.07. The molecule has 0 unspecified atom stereocenters. The van der Waals surface area contributed by atoms with Crippen molar-refractivity contribution in [1.29, 1.82) is 0 Å². The lowest BCUT2D eigenvalue weighted by molar-refractivity contribution is 0.705. The number of nitrogens with one attached hydrogen (secondary N) is 1. The van der Waals surface area contributed by atoms with E-state index in [1.165, 1.54) is 16.7 Å². The molecule has 3 rings (SSSR count). The highest BCUT2D eigenvalue weighted by Gasteiger charge is 2.07. The summed E-state index contributed by atoms with van der Waals surface area (Å²) in [5.41, 5.74) is 3.83. The molecule has 0 saturated heterocycles. The van der Waals surface area contributed by atoms with Crippen molar-refractivity contribution in [1.82, 2.24) is 14.8 Å². The minimum Gasteiger partial charge on any atom is -0.300 e. The maximum Gasteiger partial charge on any atom is 0.195 e. The molecule has 4 heteroatoms. The second-order valence-electron chi connectivity index (χ2n) is 5.50. The van der Waals surface area contributed by atoms with Crippen LogP contribution in [-0.4, -0.2) is 14.8 Å². The molecular weight excluding hydrogens is 290 g/mol. The van der Waals surface area contributed by atoms with E-state index in [2.05, 4.69) is 70.2 Å². The summed E-state index contributed by atoms with van der Waals surface area (Å²) in [5, 5.41) is 7.31. The molecule has 0 spiro atoms. The van der Waals surface area contributed by atoms with E-state index in [1.807, 2.05) is 6.07 Å². The van der Waals surface area contributed by atoms with Crippen LogP contribution in [0.2, 0.25) is 0 Å². The van der Waals surface area contributed by atoms with E-state index in [0.29, 0.717) is 4.77 Å². The zero-order valence-electron chi connectivity index (χ0n) is 12.6. The third kappa shape index (κ3) is 3.52. The topological polar surface area (TPSA) is 33.6 Å². The highest BCUT2D eigenvalue weighted by Crippen LogP contribution is 2.10. The van der Waals surface area contributed by atoms with Gasteiger partial charge in [0.25, 0.3) is 0 Å². The minimum atomic E-state index is 0.684. The van der Waals surface area contributed by atoms with E-state index in [9.17, 15) is 0 Å². The van der Waals surface area contributed by atoms with E-state index in [-0.39, 0.29) is 0 Å². The van der Waals surface area contributed by atoms with Gasteiger partial charge in [-0.05, 0) is 36.7 Å². The van der Waals surface area contributed by atoms with Crippen LogP contribution in [0.15, 0.2) is 54.6 Å². The third-order valence-corrected chi connectivity index (χ3v) is 4.09. The molecule has 0 saturated carbocycles. The first-order valence-electron chi connectivity index (χ1n) is 7.46. The fourth-order valence-corrected chi connectivity index (χ4v) is 2.70. The minimum absolute atomic E-state index is 0.684. The van der Waals surface area contributed by atoms with Crippen molar-refractivity contribution in [2.45, 2.75) is 26.3 Å². The number of aromatic amines is 1. The van der Waals surface area contributed by atoms with Gasteiger partial charge in [-0.3, -0.25) is 9.67 Å². The van der Waals surface area contributed by atoms with Gasteiger partial charge in [-0.15, -0.1) is 0 Å². The van der Waals surface area contributed by atoms with Gasteiger partial charge in [0.2, 0.25) is 0 Å². The molecule has 0 atom stereocenters. The van der Waals surface area contributed by atoms with Gasteiger partial charge in [-0.25, -0.2) is 0 Å². The lowest BCUT2D eigenvalue weighted by atomic mass is 10.1. The molecule has 0 aliphatic carbocycles. The van der Waals surface area contributed by atoms with Crippen LogP contribution in [0, 0.1) is 11.7 Å². The highest BCUT2D eigenvalue weighted by atomic mass is 32.1. The predicted octanol–water partition coefficient (Wildman–Crippen LogP) is 4.08. The fraction of sp³-hybridized carbons (Fsp3) is 0.222. The van der Waals surface area contributed by atoms with E-state index in [0.717, 1.165) is 25.2 Å². The number of benzene rings is 2. The predicted molar refractivity (Wildman–Crippen MR) is 91.5 cm³/mol. The van der Waals surface area contributed by atoms with Gasteiger partial charge in [0, 0.05) is 6.42 Å². The van der Waals surface area contributed by atoms with E-state index >= 15 is 0 Å². The number of aromatic nitrogens is 3. The summed E-state index contributed by atoms with van der Waals surface area (Å²) in [7, 11) is 0. The fourth-order valence-electron chi connectivity index (χ4n) is 2.48. The second-order valence-corrected chi connectivity index (χ2v) is 5.89. The molecule has 3 aromatic rings. The molecule has 0 radical (unpaired) electrons. The van der Waals surface area contributed by atoms with Gasteiger partial charge in [-0.1, -0.05) is 60.2 Å². The average molecular weight is 309 g/mol. The maximum absolute atomic E-state index is 5.37. The molecule has 0 aliphatic rings. The van der Waals surface area contributed by atoms with Gasteiger partial charge in [0.05, 0.1) is 6.54 Å². The average Bonchev–Trinajstić information content (AvgIpc) is 2.89. The van der Waals surface area contributed by atoms with Crippen LogP contribution >= 0.6 is 12.2 Å². The number of hydrogen-bond donors (Lipinski definition) is 1. The van der Waals surface area contributed by atoms with Crippen molar-refractivity contribution >= 4 is 12.2 Å². The molecule has 1 aromatic heterocycles. The molecule has 0 bridgehead atoms. The van der Waals surface area contributed by atoms with Crippen LogP contribution < -0.4 is 0 Å². The Balaban J connectivity index is 1.76. The highest BCUT2D eigenvalue weighted by molar-refractivity contribution is 7.71. The van der Waals surface area contributed by atoms with Gasteiger partial charge < -0.3 is 0 Å². The summed E-state index contributed by atoms with van der Waals surface area (Å²) in [6, 6.07) is 19.0. The molecule has 3 nitrogen and oxygen atoms in total. The summed E-state index contributed by atoms with van der Waals surface area (Å²) in [4.78, 5) is 0. The number of nitrogens with zero attached hydrogens (tertiary/aromatic N) is 2. The van der Waals surface area contributed by atoms with Gasteiger partial charge in [0.15, 0.2) is 4.77 Å². The Morgan fingerprint density at radius 1 is 0.955 bits per heavy atom. The van der Waals surface area contributed by atoms with Gasteiger partial charge in [-0.2, -0.15) is 5.10 Å². The van der Waals surface area contributed by atoms with Crippen LogP contribution in [0.4, 0.5) is 0 Å². The standard InChI is InChI=1S/C18H19N3S/c1-14-7-9-16(10-8-14)13-21-17(19-20-18(21)22)12-11-15-5-3-2-4-6-15/h2-10H,11-13H2,1H3,(H,20,22). The van der Waals surface area contributed by atoms with E-state index in [4.69, 9.17) is 12.2 Å². The molecular formula is C18H19N3S. The quantitative estimate of drug-likeness (QED) is 0.720. The molecule has 2 aromatic carbocycles. The number of rotatable bonds is 5. The Hall–Kier alpha value is -2.20. The first-order chi connectivity index (χ1) is 10.7. The Morgan fingerprint density at radius 3 is 2.41 bits per heavy atom. The summed E-state index contributed by atoms with van der Waals surface area (Å²) in [6.07, 6.45) is 1.84. The summed E-state index contributed by atoms with van der Waals surface area (Å²) >= 11 is 5.37. The van der Waals surface area contributed by atoms with Crippen molar-refractivity contribution in [3.8, 4) is 0 Å². The van der Waals surface area contributed by atoms with Crippen molar-refractivity contribution in [3.63, 3.8) is 0 Å². The van der Waals surface area contributed by atoms with E-state index < -0.39 is 0 Å². The van der Waals surface area contributed by atoms with Gasteiger partial charge in [0.1, 0.15) is 5.82 Å². The molecule has 0 fully saturated rings. The molecule has 1 N–H and O–H groups in total. The number of aryl methyl sites for hydroxylation is 3. The molecule has 112 valence electrons. The van der Waals surface area contributed by atoms with Crippen LogP contribution in [0.5, 0.6) is 0 Å². The third-order valence-electron chi connectivity index (χ3n) is 3.78. The zero-order valence-corrected chi connectivity index (χ0v) is 13.4. The van der Waals surface area contributed by atoms with Gasteiger partial charge >= 0.3 is 0 Å². The SMILES string of the molecule is Cc1ccc(Cn2c(CCc3ccccc3)n[nH]c2=S)cc1. The normalized spacial score (nSPS) is 10.8. The molecule has 1 heterocycles. The molecule has 0 aliphatic heterocycles. The van der Waals surface area contributed by atoms with Crippen LogP contribution in [0.3, 0.4) is 0 Å². The Bertz CT molecular complexity index is 785. The van der Waals surface area contributed by atoms with Crippen LogP contribution in [0.1, 0.15) is 22.5 Å². The monoisotopic (exact) mass is 309 g/mol. The molecule has 22 heavy (non-hydrogen) atoms. The first-order valence-corrected chi connectivity index (χ1v) is 7.87. The zero-order chi connectivity index (χ0) is 15.4. The summed E-state index contributed by atoms with van der Waals surface area (Å²) in [6.45, 7) is 2.86. The Kier molecular flexibility index (Phi) is 4.49. The van der Waals surface area contributed by atoms with E-state index in [1.54, 1.807) is 0 Å². The van der Waals surface area contributed by atoms with Crippen molar-refractivity contribution in [2.24, 2.45) is 0 Å². The molecule has 0 amide bonds. The summed E-state index contributed by atoms with van der Waals surface area (Å²) < 4.78 is 2.77. The van der Waals surface area contributed by atoms with Crippen molar-refractivity contribution in [3.05, 3.63) is 81.9 Å². The maximum atomic E-state index is 5.37. The van der Waals surface area contributed by atoms with Crippen molar-refractivity contribution in [2.75, 3.05) is 0 Å². The number of H-pyrrole nitrogens is 1. The number of hydrogen-bond acceptors (Lipinski definition) is 2. The smallest absolute Gasteiger partial charge is 0.195 e. The first kappa shape index (κ1) is 14.7. The Labute approximate surface area is 135 Å². The second kappa shape index (κ2) is 6.71.